The number of hydrogen-bond donors (Lipinski definition) is 1. The van der Waals surface area contributed by atoms with Crippen LogP contribution in [-0.4, -0.2) is 25.0 Å². The van der Waals surface area contributed by atoms with E-state index in [1.807, 2.05) is 43.3 Å². The SMILES string of the molecule is CCN(C(=O)c1ccc(NC(=O)c2cc(Br)ccc2OCC(C)C)cc1)c1ccccc1. The van der Waals surface area contributed by atoms with E-state index in [4.69, 9.17) is 4.74 Å². The van der Waals surface area contributed by atoms with Crippen molar-refractivity contribution in [3.63, 3.8) is 0 Å². The van der Waals surface area contributed by atoms with Crippen molar-refractivity contribution in [2.75, 3.05) is 23.4 Å². The van der Waals surface area contributed by atoms with Gasteiger partial charge in [-0.1, -0.05) is 48.0 Å². The Kier molecular flexibility index (Phi) is 8.06. The smallest absolute Gasteiger partial charge is 0.259 e. The molecule has 0 aliphatic carbocycles. The van der Waals surface area contributed by atoms with Gasteiger partial charge in [0.25, 0.3) is 11.8 Å². The number of ether oxygens (including phenoxy) is 1. The second kappa shape index (κ2) is 11.0. The van der Waals surface area contributed by atoms with Crippen LogP contribution in [0.2, 0.25) is 0 Å². The van der Waals surface area contributed by atoms with Gasteiger partial charge in [0.1, 0.15) is 5.75 Å². The molecular weight excluding hydrogens is 468 g/mol. The predicted molar refractivity (Wildman–Crippen MR) is 133 cm³/mol. The fourth-order valence-electron chi connectivity index (χ4n) is 3.16. The predicted octanol–water partition coefficient (Wildman–Crippen LogP) is 6.40. The molecule has 6 heteroatoms. The van der Waals surface area contributed by atoms with Crippen molar-refractivity contribution >= 4 is 39.1 Å². The van der Waals surface area contributed by atoms with E-state index in [1.54, 1.807) is 41.3 Å². The Bertz CT molecular complexity index is 1070. The van der Waals surface area contributed by atoms with Gasteiger partial charge < -0.3 is 15.0 Å². The van der Waals surface area contributed by atoms with Crippen LogP contribution in [0.1, 0.15) is 41.5 Å². The lowest BCUT2D eigenvalue weighted by molar-refractivity contribution is 0.0986. The summed E-state index contributed by atoms with van der Waals surface area (Å²) in [5.74, 6) is 0.516. The Balaban J connectivity index is 1.74. The second-order valence-electron chi connectivity index (χ2n) is 7.76. The molecule has 32 heavy (non-hydrogen) atoms. The van der Waals surface area contributed by atoms with Crippen LogP contribution in [0.25, 0.3) is 0 Å². The molecule has 0 fully saturated rings. The minimum atomic E-state index is -0.274. The number of para-hydroxylation sites is 1. The Morgan fingerprint density at radius 3 is 2.31 bits per heavy atom. The Labute approximate surface area is 197 Å². The number of rotatable bonds is 8. The number of nitrogens with zero attached hydrogens (tertiary/aromatic N) is 1. The van der Waals surface area contributed by atoms with Crippen molar-refractivity contribution in [1.82, 2.24) is 0 Å². The monoisotopic (exact) mass is 494 g/mol. The van der Waals surface area contributed by atoms with E-state index >= 15 is 0 Å². The van der Waals surface area contributed by atoms with Gasteiger partial charge in [-0.25, -0.2) is 0 Å². The van der Waals surface area contributed by atoms with Crippen LogP contribution >= 0.6 is 15.9 Å². The summed E-state index contributed by atoms with van der Waals surface area (Å²) in [4.78, 5) is 27.6. The molecule has 3 rings (SSSR count). The first-order valence-electron chi connectivity index (χ1n) is 10.6. The maximum atomic E-state index is 13.0. The molecule has 3 aromatic carbocycles. The van der Waals surface area contributed by atoms with Gasteiger partial charge in [0.15, 0.2) is 0 Å². The van der Waals surface area contributed by atoms with Crippen molar-refractivity contribution in [3.8, 4) is 5.75 Å². The molecule has 2 amide bonds. The molecule has 3 aromatic rings. The highest BCUT2D eigenvalue weighted by atomic mass is 79.9. The van der Waals surface area contributed by atoms with E-state index < -0.39 is 0 Å². The van der Waals surface area contributed by atoms with Crippen molar-refractivity contribution in [3.05, 3.63) is 88.4 Å². The molecule has 0 aliphatic heterocycles. The third-order valence-corrected chi connectivity index (χ3v) is 5.27. The molecule has 0 radical (unpaired) electrons. The topological polar surface area (TPSA) is 58.6 Å². The summed E-state index contributed by atoms with van der Waals surface area (Å²) in [5, 5.41) is 2.89. The lowest BCUT2D eigenvalue weighted by atomic mass is 10.1. The molecule has 0 unspecified atom stereocenters. The Morgan fingerprint density at radius 2 is 1.69 bits per heavy atom. The minimum Gasteiger partial charge on any atom is -0.492 e. The number of hydrogen-bond acceptors (Lipinski definition) is 3. The minimum absolute atomic E-state index is 0.0899. The van der Waals surface area contributed by atoms with E-state index in [0.717, 1.165) is 10.2 Å². The van der Waals surface area contributed by atoms with Gasteiger partial charge in [0.05, 0.1) is 12.2 Å². The molecular formula is C26H27BrN2O3. The van der Waals surface area contributed by atoms with E-state index in [2.05, 4.69) is 35.1 Å². The number of benzene rings is 3. The molecule has 5 nitrogen and oxygen atoms in total. The first-order valence-corrected chi connectivity index (χ1v) is 11.4. The summed E-state index contributed by atoms with van der Waals surface area (Å²) < 4.78 is 6.60. The van der Waals surface area contributed by atoms with Gasteiger partial charge in [0.2, 0.25) is 0 Å². The van der Waals surface area contributed by atoms with Crippen LogP contribution in [-0.2, 0) is 0 Å². The van der Waals surface area contributed by atoms with Crippen LogP contribution in [0, 0.1) is 5.92 Å². The third kappa shape index (κ3) is 5.98. The summed E-state index contributed by atoms with van der Waals surface area (Å²) in [6.07, 6.45) is 0. The van der Waals surface area contributed by atoms with Crippen molar-refractivity contribution in [1.29, 1.82) is 0 Å². The average molecular weight is 495 g/mol. The summed E-state index contributed by atoms with van der Waals surface area (Å²) in [5.41, 5.74) is 2.45. The highest BCUT2D eigenvalue weighted by Gasteiger charge is 2.17. The molecule has 0 aliphatic rings. The van der Waals surface area contributed by atoms with Crippen molar-refractivity contribution < 1.29 is 14.3 Å². The molecule has 0 spiro atoms. The summed E-state index contributed by atoms with van der Waals surface area (Å²) in [6, 6.07) is 21.8. The highest BCUT2D eigenvalue weighted by molar-refractivity contribution is 9.10. The lowest BCUT2D eigenvalue weighted by Gasteiger charge is -2.21. The summed E-state index contributed by atoms with van der Waals surface area (Å²) in [6.45, 7) is 7.13. The number of carbonyl (C=O) groups is 2. The Hall–Kier alpha value is -3.12. The molecule has 0 saturated carbocycles. The molecule has 0 heterocycles. The average Bonchev–Trinajstić information content (AvgIpc) is 2.79. The molecule has 0 aromatic heterocycles. The fraction of sp³-hybridized carbons (Fsp3) is 0.231. The normalized spacial score (nSPS) is 10.7. The highest BCUT2D eigenvalue weighted by Crippen LogP contribution is 2.25. The molecule has 1 N–H and O–H groups in total. The van der Waals surface area contributed by atoms with Crippen LogP contribution in [0.3, 0.4) is 0 Å². The molecule has 0 atom stereocenters. The first kappa shape index (κ1) is 23.5. The fourth-order valence-corrected chi connectivity index (χ4v) is 3.52. The van der Waals surface area contributed by atoms with Crippen molar-refractivity contribution in [2.45, 2.75) is 20.8 Å². The largest absolute Gasteiger partial charge is 0.492 e. The van der Waals surface area contributed by atoms with Gasteiger partial charge in [-0.05, 0) is 67.4 Å². The standard InChI is InChI=1S/C26H27BrN2O3/c1-4-29(22-8-6-5-7-9-22)26(31)19-10-13-21(14-11-19)28-25(30)23-16-20(27)12-15-24(23)32-17-18(2)3/h5-16,18H,4,17H2,1-3H3,(H,28,30). The van der Waals surface area contributed by atoms with Gasteiger partial charge in [-0.3, -0.25) is 9.59 Å². The second-order valence-corrected chi connectivity index (χ2v) is 8.68. The number of halogens is 1. The molecule has 0 saturated heterocycles. The number of nitrogens with one attached hydrogen (secondary N) is 1. The number of anilines is 2. The maximum Gasteiger partial charge on any atom is 0.259 e. The van der Waals surface area contributed by atoms with Gasteiger partial charge in [-0.15, -0.1) is 0 Å². The Morgan fingerprint density at radius 1 is 1.00 bits per heavy atom. The van der Waals surface area contributed by atoms with E-state index in [-0.39, 0.29) is 11.8 Å². The molecule has 166 valence electrons. The number of carbonyl (C=O) groups excluding carboxylic acids is 2. The third-order valence-electron chi connectivity index (χ3n) is 4.78. The van der Waals surface area contributed by atoms with E-state index in [1.165, 1.54) is 0 Å². The van der Waals surface area contributed by atoms with Crippen LogP contribution in [0.4, 0.5) is 11.4 Å². The first-order chi connectivity index (χ1) is 15.4. The van der Waals surface area contributed by atoms with E-state index in [0.29, 0.717) is 41.6 Å². The van der Waals surface area contributed by atoms with Gasteiger partial charge >= 0.3 is 0 Å². The van der Waals surface area contributed by atoms with Crippen LogP contribution in [0.5, 0.6) is 5.75 Å². The van der Waals surface area contributed by atoms with Crippen LogP contribution < -0.4 is 15.0 Å². The lowest BCUT2D eigenvalue weighted by Crippen LogP contribution is -2.30. The summed E-state index contributed by atoms with van der Waals surface area (Å²) >= 11 is 3.42. The summed E-state index contributed by atoms with van der Waals surface area (Å²) in [7, 11) is 0. The van der Waals surface area contributed by atoms with Gasteiger partial charge in [0, 0.05) is 28.0 Å². The quantitative estimate of drug-likeness (QED) is 0.393. The molecule has 0 bridgehead atoms. The zero-order valence-electron chi connectivity index (χ0n) is 18.5. The van der Waals surface area contributed by atoms with Gasteiger partial charge in [-0.2, -0.15) is 0 Å². The van der Waals surface area contributed by atoms with Crippen LogP contribution in [0.15, 0.2) is 77.3 Å². The zero-order chi connectivity index (χ0) is 23.1. The number of amides is 2. The van der Waals surface area contributed by atoms with Crippen molar-refractivity contribution in [2.24, 2.45) is 5.92 Å². The zero-order valence-corrected chi connectivity index (χ0v) is 20.1. The van der Waals surface area contributed by atoms with E-state index in [9.17, 15) is 9.59 Å². The maximum absolute atomic E-state index is 13.0.